The van der Waals surface area contributed by atoms with Gasteiger partial charge in [0.05, 0.1) is 14.2 Å². The van der Waals surface area contributed by atoms with Gasteiger partial charge in [-0.25, -0.2) is 4.68 Å². The molecule has 0 aliphatic carbocycles. The lowest BCUT2D eigenvalue weighted by Crippen LogP contribution is -2.33. The van der Waals surface area contributed by atoms with Crippen LogP contribution in [0.2, 0.25) is 0 Å². The van der Waals surface area contributed by atoms with E-state index in [-0.39, 0.29) is 5.91 Å². The van der Waals surface area contributed by atoms with Gasteiger partial charge in [0, 0.05) is 6.54 Å². The molecule has 26 heavy (non-hydrogen) atoms. The van der Waals surface area contributed by atoms with Gasteiger partial charge in [0.25, 0.3) is 0 Å². The number of ether oxygens (including phenoxy) is 2. The molecule has 0 aliphatic rings. The Hall–Kier alpha value is -3.42. The second-order valence-electron chi connectivity index (χ2n) is 5.51. The van der Waals surface area contributed by atoms with Crippen LogP contribution >= 0.6 is 0 Å². The van der Waals surface area contributed by atoms with Gasteiger partial charge >= 0.3 is 0 Å². The highest BCUT2D eigenvalue weighted by molar-refractivity contribution is 5.83. The number of nitrogens with zero attached hydrogens (tertiary/aromatic N) is 4. The third kappa shape index (κ3) is 3.80. The molecule has 1 aromatic heterocycles. The van der Waals surface area contributed by atoms with Crippen molar-refractivity contribution < 1.29 is 14.3 Å². The lowest BCUT2D eigenvalue weighted by molar-refractivity contribution is -0.123. The maximum Gasteiger partial charge on any atom is 0.249 e. The molecule has 0 saturated carbocycles. The average molecular weight is 353 g/mol. The van der Waals surface area contributed by atoms with Crippen LogP contribution in [0.15, 0.2) is 54.9 Å². The molecule has 0 spiro atoms. The number of hydrogen-bond acceptors (Lipinski definition) is 6. The quantitative estimate of drug-likeness (QED) is 0.694. The maximum absolute atomic E-state index is 12.8. The molecule has 1 N–H and O–H groups in total. The molecule has 0 radical (unpaired) electrons. The Morgan fingerprint density at radius 1 is 1.12 bits per heavy atom. The number of benzene rings is 2. The summed E-state index contributed by atoms with van der Waals surface area (Å²) in [6, 6.07) is 14.2. The molecule has 0 unspecified atom stereocenters. The molecule has 2 aromatic carbocycles. The first-order valence-electron chi connectivity index (χ1n) is 7.99. The first kappa shape index (κ1) is 17.4. The molecule has 0 bridgehead atoms. The number of carbonyl (C=O) groups is 1. The Bertz CT molecular complexity index is 853. The minimum atomic E-state index is -0.647. The molecule has 0 aliphatic heterocycles. The minimum Gasteiger partial charge on any atom is -0.493 e. The van der Waals surface area contributed by atoms with Crippen LogP contribution in [-0.4, -0.2) is 40.3 Å². The van der Waals surface area contributed by atoms with E-state index in [4.69, 9.17) is 9.47 Å². The SMILES string of the molecule is COc1ccc(CNC(=O)[C@@H](c2ccccc2)n2cnnn2)cc1OC. The van der Waals surface area contributed by atoms with Crippen molar-refractivity contribution in [3.63, 3.8) is 0 Å². The highest BCUT2D eigenvalue weighted by Gasteiger charge is 2.23. The van der Waals surface area contributed by atoms with Gasteiger partial charge in [0.15, 0.2) is 17.5 Å². The Labute approximate surface area is 150 Å². The Morgan fingerprint density at radius 2 is 1.88 bits per heavy atom. The molecule has 8 heteroatoms. The van der Waals surface area contributed by atoms with E-state index >= 15 is 0 Å². The first-order valence-corrected chi connectivity index (χ1v) is 7.99. The second-order valence-corrected chi connectivity index (χ2v) is 5.51. The minimum absolute atomic E-state index is 0.210. The van der Waals surface area contributed by atoms with E-state index in [2.05, 4.69) is 20.8 Å². The van der Waals surface area contributed by atoms with Crippen LogP contribution in [0, 0.1) is 0 Å². The second kappa shape index (κ2) is 8.11. The predicted octanol–water partition coefficient (Wildman–Crippen LogP) is 1.60. The van der Waals surface area contributed by atoms with Crippen LogP contribution in [-0.2, 0) is 11.3 Å². The standard InChI is InChI=1S/C18H19N5O3/c1-25-15-9-8-13(10-16(15)26-2)11-19-18(24)17(23-12-20-21-22-23)14-6-4-3-5-7-14/h3-10,12,17H,11H2,1-2H3,(H,19,24)/t17-/m1/s1. The zero-order valence-corrected chi connectivity index (χ0v) is 14.5. The van der Waals surface area contributed by atoms with E-state index in [1.54, 1.807) is 20.3 Å². The van der Waals surface area contributed by atoms with Crippen LogP contribution in [0.3, 0.4) is 0 Å². The summed E-state index contributed by atoms with van der Waals surface area (Å²) in [7, 11) is 3.15. The number of rotatable bonds is 7. The van der Waals surface area contributed by atoms with Gasteiger partial charge < -0.3 is 14.8 Å². The van der Waals surface area contributed by atoms with Crippen LogP contribution < -0.4 is 14.8 Å². The van der Waals surface area contributed by atoms with Crippen molar-refractivity contribution in [3.05, 3.63) is 66.0 Å². The van der Waals surface area contributed by atoms with E-state index in [0.717, 1.165) is 11.1 Å². The molecule has 134 valence electrons. The van der Waals surface area contributed by atoms with E-state index in [9.17, 15) is 4.79 Å². The summed E-state index contributed by atoms with van der Waals surface area (Å²) in [5.74, 6) is 1.04. The van der Waals surface area contributed by atoms with E-state index in [1.165, 1.54) is 11.0 Å². The van der Waals surface area contributed by atoms with Crippen LogP contribution in [0.1, 0.15) is 17.2 Å². The average Bonchev–Trinajstić information content (AvgIpc) is 3.21. The summed E-state index contributed by atoms with van der Waals surface area (Å²) in [4.78, 5) is 12.8. The van der Waals surface area contributed by atoms with Crippen molar-refractivity contribution in [2.75, 3.05) is 14.2 Å². The predicted molar refractivity (Wildman–Crippen MR) is 93.8 cm³/mol. The summed E-state index contributed by atoms with van der Waals surface area (Å²) in [5.41, 5.74) is 1.68. The van der Waals surface area contributed by atoms with Gasteiger partial charge in [-0.1, -0.05) is 36.4 Å². The monoisotopic (exact) mass is 353 g/mol. The summed E-state index contributed by atoms with van der Waals surface area (Å²) in [6.45, 7) is 0.338. The fourth-order valence-corrected chi connectivity index (χ4v) is 2.62. The van der Waals surface area contributed by atoms with E-state index in [1.807, 2.05) is 42.5 Å². The zero-order chi connectivity index (χ0) is 18.4. The van der Waals surface area contributed by atoms with Crippen LogP contribution in [0.25, 0.3) is 0 Å². The first-order chi connectivity index (χ1) is 12.7. The molecular formula is C18H19N5O3. The number of aromatic nitrogens is 4. The Kier molecular flexibility index (Phi) is 5.43. The smallest absolute Gasteiger partial charge is 0.249 e. The van der Waals surface area contributed by atoms with E-state index in [0.29, 0.717) is 18.0 Å². The lowest BCUT2D eigenvalue weighted by atomic mass is 10.1. The summed E-state index contributed by atoms with van der Waals surface area (Å²) in [5, 5.41) is 14.1. The van der Waals surface area contributed by atoms with Gasteiger partial charge in [-0.15, -0.1) is 5.10 Å². The van der Waals surface area contributed by atoms with Crippen LogP contribution in [0.4, 0.5) is 0 Å². The van der Waals surface area contributed by atoms with Gasteiger partial charge in [-0.2, -0.15) is 0 Å². The van der Waals surface area contributed by atoms with Crippen molar-refractivity contribution in [2.24, 2.45) is 0 Å². The van der Waals surface area contributed by atoms with Crippen molar-refractivity contribution in [1.82, 2.24) is 25.5 Å². The largest absolute Gasteiger partial charge is 0.493 e. The zero-order valence-electron chi connectivity index (χ0n) is 14.5. The molecule has 1 heterocycles. The number of tetrazole rings is 1. The third-order valence-corrected chi connectivity index (χ3v) is 3.91. The van der Waals surface area contributed by atoms with Gasteiger partial charge in [0.2, 0.25) is 5.91 Å². The number of methoxy groups -OCH3 is 2. The van der Waals surface area contributed by atoms with Gasteiger partial charge in [-0.3, -0.25) is 4.79 Å². The molecule has 8 nitrogen and oxygen atoms in total. The highest BCUT2D eigenvalue weighted by atomic mass is 16.5. The number of carbonyl (C=O) groups excluding carboxylic acids is 1. The molecule has 0 saturated heterocycles. The topological polar surface area (TPSA) is 91.2 Å². The fourth-order valence-electron chi connectivity index (χ4n) is 2.62. The van der Waals surface area contributed by atoms with Gasteiger partial charge in [-0.05, 0) is 33.7 Å². The Balaban J connectivity index is 1.77. The molecule has 0 fully saturated rings. The molecule has 1 amide bonds. The lowest BCUT2D eigenvalue weighted by Gasteiger charge is -2.17. The molecule has 3 aromatic rings. The number of amides is 1. The summed E-state index contributed by atoms with van der Waals surface area (Å²) in [6.07, 6.45) is 1.42. The van der Waals surface area contributed by atoms with Gasteiger partial charge in [0.1, 0.15) is 6.33 Å². The molecular weight excluding hydrogens is 334 g/mol. The highest BCUT2D eigenvalue weighted by Crippen LogP contribution is 2.27. The normalized spacial score (nSPS) is 11.6. The van der Waals surface area contributed by atoms with E-state index < -0.39 is 6.04 Å². The van der Waals surface area contributed by atoms with Crippen molar-refractivity contribution in [2.45, 2.75) is 12.6 Å². The van der Waals surface area contributed by atoms with Crippen molar-refractivity contribution in [1.29, 1.82) is 0 Å². The molecule has 3 rings (SSSR count). The summed E-state index contributed by atoms with van der Waals surface area (Å²) >= 11 is 0. The Morgan fingerprint density at radius 3 is 2.54 bits per heavy atom. The van der Waals surface area contributed by atoms with Crippen molar-refractivity contribution in [3.8, 4) is 11.5 Å². The number of hydrogen-bond donors (Lipinski definition) is 1. The maximum atomic E-state index is 12.8. The summed E-state index contributed by atoms with van der Waals surface area (Å²) < 4.78 is 11.9. The number of nitrogens with one attached hydrogen (secondary N) is 1. The fraction of sp³-hybridized carbons (Fsp3) is 0.222. The molecule has 1 atom stereocenters. The van der Waals surface area contributed by atoms with Crippen LogP contribution in [0.5, 0.6) is 11.5 Å². The van der Waals surface area contributed by atoms with Crippen molar-refractivity contribution >= 4 is 5.91 Å². The third-order valence-electron chi connectivity index (χ3n) is 3.91.